The number of imidazole rings is 1. The molecule has 2 N–H and O–H groups in total. The summed E-state index contributed by atoms with van der Waals surface area (Å²) in [6, 6.07) is 8.22. The Balaban J connectivity index is 1.28. The van der Waals surface area contributed by atoms with E-state index in [1.807, 2.05) is 12.1 Å². The lowest BCUT2D eigenvalue weighted by molar-refractivity contribution is -0.146. The first-order valence-corrected chi connectivity index (χ1v) is 10.2. The fraction of sp³-hybridized carbons (Fsp3) is 0.619. The largest absolute Gasteiger partial charge is 0.342 e. The summed E-state index contributed by atoms with van der Waals surface area (Å²) < 4.78 is 0. The van der Waals surface area contributed by atoms with Gasteiger partial charge in [-0.15, -0.1) is 0 Å². The predicted octanol–water partition coefficient (Wildman–Crippen LogP) is 3.05. The molecule has 0 unspecified atom stereocenters. The summed E-state index contributed by atoms with van der Waals surface area (Å²) in [5, 5.41) is 3.51. The summed E-state index contributed by atoms with van der Waals surface area (Å²) in [5.41, 5.74) is 2.05. The quantitative estimate of drug-likeness (QED) is 0.873. The number of likely N-dealkylation sites (tertiary alicyclic amines) is 1. The molecule has 2 atom stereocenters. The first-order valence-electron chi connectivity index (χ1n) is 10.2. The van der Waals surface area contributed by atoms with Gasteiger partial charge in [0.15, 0.2) is 0 Å². The maximum absolute atomic E-state index is 13.4. The van der Waals surface area contributed by atoms with Gasteiger partial charge in [0.2, 0.25) is 5.91 Å². The minimum absolute atomic E-state index is 0.107. The van der Waals surface area contributed by atoms with Crippen LogP contribution < -0.4 is 5.32 Å². The van der Waals surface area contributed by atoms with Crippen molar-refractivity contribution in [2.24, 2.45) is 11.3 Å². The van der Waals surface area contributed by atoms with E-state index in [1.54, 1.807) is 0 Å². The van der Waals surface area contributed by atoms with E-state index < -0.39 is 0 Å². The second kappa shape index (κ2) is 6.38. The molecule has 0 spiro atoms. The third-order valence-electron chi connectivity index (χ3n) is 7.04. The van der Waals surface area contributed by atoms with Crippen molar-refractivity contribution in [3.8, 4) is 0 Å². The summed E-state index contributed by atoms with van der Waals surface area (Å²) in [7, 11) is 0. The Hall–Kier alpha value is -1.88. The number of para-hydroxylation sites is 2. The maximum Gasteiger partial charge on any atom is 0.230 e. The zero-order chi connectivity index (χ0) is 17.6. The minimum atomic E-state index is -0.107. The third kappa shape index (κ3) is 2.56. The molecule has 2 saturated heterocycles. The molecule has 5 heteroatoms. The first-order chi connectivity index (χ1) is 12.8. The molecule has 138 valence electrons. The van der Waals surface area contributed by atoms with Gasteiger partial charge in [0.05, 0.1) is 16.4 Å². The molecule has 1 saturated carbocycles. The number of hydrogen-bond acceptors (Lipinski definition) is 3. The topological polar surface area (TPSA) is 61.0 Å². The van der Waals surface area contributed by atoms with Gasteiger partial charge < -0.3 is 15.2 Å². The van der Waals surface area contributed by atoms with Gasteiger partial charge in [-0.1, -0.05) is 25.0 Å². The monoisotopic (exact) mass is 352 g/mol. The second-order valence-corrected chi connectivity index (χ2v) is 8.44. The molecule has 2 aromatic rings. The average molecular weight is 352 g/mol. The number of amides is 1. The zero-order valence-electron chi connectivity index (χ0n) is 15.3. The van der Waals surface area contributed by atoms with E-state index in [-0.39, 0.29) is 5.41 Å². The lowest BCUT2D eigenvalue weighted by Gasteiger charge is -2.42. The smallest absolute Gasteiger partial charge is 0.230 e. The number of carbonyl (C=O) groups excluding carboxylic acids is 1. The Kier molecular flexibility index (Phi) is 4.00. The Bertz CT molecular complexity index is 774. The molecule has 5 nitrogen and oxygen atoms in total. The number of fused-ring (bicyclic) bond motifs is 2. The fourth-order valence-corrected chi connectivity index (χ4v) is 5.51. The summed E-state index contributed by atoms with van der Waals surface area (Å²) in [6.07, 6.45) is 6.82. The van der Waals surface area contributed by atoms with Crippen LogP contribution in [0.5, 0.6) is 0 Å². The van der Waals surface area contributed by atoms with Crippen molar-refractivity contribution in [3.63, 3.8) is 0 Å². The van der Waals surface area contributed by atoms with Gasteiger partial charge in [-0.25, -0.2) is 4.98 Å². The number of aromatic amines is 1. The summed E-state index contributed by atoms with van der Waals surface area (Å²) >= 11 is 0. The van der Waals surface area contributed by atoms with E-state index in [4.69, 9.17) is 4.98 Å². The Labute approximate surface area is 154 Å². The van der Waals surface area contributed by atoms with E-state index in [9.17, 15) is 4.79 Å². The highest BCUT2D eigenvalue weighted by atomic mass is 16.2. The molecule has 3 heterocycles. The maximum atomic E-state index is 13.4. The molecule has 0 bridgehead atoms. The number of nitrogens with one attached hydrogen (secondary N) is 2. The van der Waals surface area contributed by atoms with Gasteiger partial charge in [0.1, 0.15) is 5.82 Å². The number of H-pyrrole nitrogens is 1. The number of carbonyl (C=O) groups is 1. The SMILES string of the molecule is O=C(N1CCC(c2nc3ccccc3[nH]2)CC1)[C@@]12CCCC[C@H]1CNC2. The fourth-order valence-electron chi connectivity index (χ4n) is 5.51. The van der Waals surface area contributed by atoms with Crippen LogP contribution in [0.4, 0.5) is 0 Å². The Morgan fingerprint density at radius 2 is 2.00 bits per heavy atom. The summed E-state index contributed by atoms with van der Waals surface area (Å²) in [6.45, 7) is 3.66. The van der Waals surface area contributed by atoms with Crippen molar-refractivity contribution in [2.75, 3.05) is 26.2 Å². The van der Waals surface area contributed by atoms with Gasteiger partial charge in [-0.2, -0.15) is 0 Å². The number of hydrogen-bond donors (Lipinski definition) is 2. The van der Waals surface area contributed by atoms with Crippen molar-refractivity contribution >= 4 is 16.9 Å². The number of rotatable bonds is 2. The van der Waals surface area contributed by atoms with Crippen LogP contribution in [-0.4, -0.2) is 47.0 Å². The van der Waals surface area contributed by atoms with Crippen molar-refractivity contribution in [1.29, 1.82) is 0 Å². The molecule has 5 rings (SSSR count). The van der Waals surface area contributed by atoms with Crippen LogP contribution in [0.2, 0.25) is 0 Å². The summed E-state index contributed by atoms with van der Waals surface area (Å²) in [4.78, 5) is 23.8. The molecule has 3 aliphatic rings. The lowest BCUT2D eigenvalue weighted by Crippen LogP contribution is -2.51. The molecule has 0 radical (unpaired) electrons. The Morgan fingerprint density at radius 1 is 1.15 bits per heavy atom. The third-order valence-corrected chi connectivity index (χ3v) is 7.04. The van der Waals surface area contributed by atoms with Crippen LogP contribution in [0.1, 0.15) is 50.3 Å². The standard InChI is InChI=1S/C21H28N4O/c26-20(21-10-4-3-5-16(21)13-22-14-21)25-11-8-15(9-12-25)19-23-17-6-1-2-7-18(17)24-19/h1-2,6-7,15-16,22H,3-5,8-14H2,(H,23,24)/t16-,21+/m0/s1. The van der Waals surface area contributed by atoms with Crippen molar-refractivity contribution in [2.45, 2.75) is 44.4 Å². The van der Waals surface area contributed by atoms with Gasteiger partial charge in [-0.05, 0) is 50.3 Å². The zero-order valence-corrected chi connectivity index (χ0v) is 15.3. The van der Waals surface area contributed by atoms with Gasteiger partial charge >= 0.3 is 0 Å². The molecule has 3 fully saturated rings. The van der Waals surface area contributed by atoms with Crippen molar-refractivity contribution < 1.29 is 4.79 Å². The second-order valence-electron chi connectivity index (χ2n) is 8.44. The van der Waals surface area contributed by atoms with Crippen LogP contribution in [0.3, 0.4) is 0 Å². The van der Waals surface area contributed by atoms with E-state index in [1.165, 1.54) is 19.3 Å². The molecule has 1 aromatic carbocycles. The van der Waals surface area contributed by atoms with Crippen LogP contribution in [0.15, 0.2) is 24.3 Å². The minimum Gasteiger partial charge on any atom is -0.342 e. The molecule has 2 aliphatic heterocycles. The normalized spacial score (nSPS) is 29.8. The van der Waals surface area contributed by atoms with Gasteiger partial charge in [-0.3, -0.25) is 4.79 Å². The van der Waals surface area contributed by atoms with E-state index in [0.29, 0.717) is 17.7 Å². The predicted molar refractivity (Wildman–Crippen MR) is 102 cm³/mol. The highest BCUT2D eigenvalue weighted by Gasteiger charge is 2.51. The van der Waals surface area contributed by atoms with E-state index >= 15 is 0 Å². The molecular formula is C21H28N4O. The number of nitrogens with zero attached hydrogens (tertiary/aromatic N) is 2. The van der Waals surface area contributed by atoms with Crippen molar-refractivity contribution in [1.82, 2.24) is 20.2 Å². The highest BCUT2D eigenvalue weighted by Crippen LogP contribution is 2.45. The van der Waals surface area contributed by atoms with E-state index in [2.05, 4.69) is 27.3 Å². The number of piperidine rings is 1. The van der Waals surface area contributed by atoms with Crippen molar-refractivity contribution in [3.05, 3.63) is 30.1 Å². The van der Waals surface area contributed by atoms with Gasteiger partial charge in [0, 0.05) is 25.6 Å². The van der Waals surface area contributed by atoms with Crippen LogP contribution in [-0.2, 0) is 4.79 Å². The van der Waals surface area contributed by atoms with Crippen LogP contribution >= 0.6 is 0 Å². The molecule has 1 amide bonds. The lowest BCUT2D eigenvalue weighted by atomic mass is 9.67. The van der Waals surface area contributed by atoms with E-state index in [0.717, 1.165) is 62.3 Å². The van der Waals surface area contributed by atoms with Crippen LogP contribution in [0, 0.1) is 11.3 Å². The molecular weight excluding hydrogens is 324 g/mol. The molecule has 26 heavy (non-hydrogen) atoms. The van der Waals surface area contributed by atoms with Gasteiger partial charge in [0.25, 0.3) is 0 Å². The highest BCUT2D eigenvalue weighted by molar-refractivity contribution is 5.84. The number of aromatic nitrogens is 2. The first kappa shape index (κ1) is 16.3. The Morgan fingerprint density at radius 3 is 2.85 bits per heavy atom. The average Bonchev–Trinajstić information content (AvgIpc) is 3.32. The van der Waals surface area contributed by atoms with Crippen LogP contribution in [0.25, 0.3) is 11.0 Å². The molecule has 1 aromatic heterocycles. The number of benzene rings is 1. The summed E-state index contributed by atoms with van der Waals surface area (Å²) in [5.74, 6) is 2.51. The molecule has 1 aliphatic carbocycles.